The van der Waals surface area contributed by atoms with Crippen molar-refractivity contribution in [3.63, 3.8) is 0 Å². The van der Waals surface area contributed by atoms with Crippen LogP contribution in [0.1, 0.15) is 143 Å². The van der Waals surface area contributed by atoms with Gasteiger partial charge in [-0.15, -0.1) is 11.8 Å². The van der Waals surface area contributed by atoms with Gasteiger partial charge in [-0.3, -0.25) is 0 Å². The van der Waals surface area contributed by atoms with Crippen molar-refractivity contribution < 1.29 is 24.4 Å². The molecule has 0 rings (SSSR count). The Bertz CT molecular complexity index is 575. The second-order valence-corrected chi connectivity index (χ2v) is 10.8. The summed E-state index contributed by atoms with van der Waals surface area (Å²) in [4.78, 5) is 0. The number of hydrogen-bond donors (Lipinski definition) is 2. The Labute approximate surface area is 242 Å². The Hall–Kier alpha value is -1.08. The van der Waals surface area contributed by atoms with E-state index in [1.807, 2.05) is 0 Å². The third kappa shape index (κ3) is 26.9. The van der Waals surface area contributed by atoms with Crippen molar-refractivity contribution in [2.45, 2.75) is 155 Å². The van der Waals surface area contributed by atoms with Crippen LogP contribution in [0.15, 0.2) is 0 Å². The molecular formula is C34H62O5. The first-order chi connectivity index (χ1) is 19.1. The van der Waals surface area contributed by atoms with Crippen LogP contribution in [0.4, 0.5) is 0 Å². The quantitative estimate of drug-likeness (QED) is 0.0648. The molecular weight excluding hydrogens is 488 g/mol. The Balaban J connectivity index is 4.22. The van der Waals surface area contributed by atoms with Gasteiger partial charge in [0.1, 0.15) is 13.6 Å². The molecule has 0 aliphatic rings. The van der Waals surface area contributed by atoms with Crippen molar-refractivity contribution in [3.05, 3.63) is 0 Å². The molecule has 0 saturated carbocycles. The Morgan fingerprint density at radius 1 is 0.487 bits per heavy atom. The summed E-state index contributed by atoms with van der Waals surface area (Å²) in [7, 11) is 0. The van der Waals surface area contributed by atoms with Gasteiger partial charge in [0, 0.05) is 24.7 Å². The van der Waals surface area contributed by atoms with E-state index in [2.05, 4.69) is 51.4 Å². The van der Waals surface area contributed by atoms with Gasteiger partial charge in [0.25, 0.3) is 0 Å². The van der Waals surface area contributed by atoms with Crippen LogP contribution in [0.5, 0.6) is 0 Å². The summed E-state index contributed by atoms with van der Waals surface area (Å²) in [5.74, 6) is 14.0. The molecule has 0 aliphatic carbocycles. The van der Waals surface area contributed by atoms with Crippen molar-refractivity contribution in [1.82, 2.24) is 0 Å². The molecule has 0 amide bonds. The monoisotopic (exact) mass is 550 g/mol. The lowest BCUT2D eigenvalue weighted by Crippen LogP contribution is -2.13. The van der Waals surface area contributed by atoms with Crippen LogP contribution in [-0.2, 0) is 14.2 Å². The maximum absolute atomic E-state index is 10.2. The van der Waals surface area contributed by atoms with Crippen molar-refractivity contribution >= 4 is 0 Å². The number of aliphatic hydroxyl groups excluding tert-OH is 2. The summed E-state index contributed by atoms with van der Waals surface area (Å²) in [5.41, 5.74) is 0. The molecule has 4 atom stereocenters. The topological polar surface area (TPSA) is 68.2 Å². The van der Waals surface area contributed by atoms with Gasteiger partial charge in [0.05, 0.1) is 25.4 Å². The average Bonchev–Trinajstić information content (AvgIpc) is 2.94. The Kier molecular flexibility index (Phi) is 29.1. The second-order valence-electron chi connectivity index (χ2n) is 10.8. The molecule has 5 nitrogen and oxygen atoms in total. The fraction of sp³-hybridized carbons (Fsp3) is 0.882. The predicted octanol–water partition coefficient (Wildman–Crippen LogP) is 8.01. The van der Waals surface area contributed by atoms with Gasteiger partial charge in [-0.1, -0.05) is 78.1 Å². The van der Waals surface area contributed by atoms with E-state index in [1.165, 1.54) is 0 Å². The average molecular weight is 551 g/mol. The third-order valence-electron chi connectivity index (χ3n) is 6.96. The van der Waals surface area contributed by atoms with Gasteiger partial charge < -0.3 is 24.4 Å². The van der Waals surface area contributed by atoms with Crippen LogP contribution in [0.2, 0.25) is 0 Å². The molecule has 4 unspecified atom stereocenters. The smallest absolute Gasteiger partial charge is 0.149 e. The predicted molar refractivity (Wildman–Crippen MR) is 163 cm³/mol. The third-order valence-corrected chi connectivity index (χ3v) is 6.96. The highest BCUT2D eigenvalue weighted by Crippen LogP contribution is 2.17. The van der Waals surface area contributed by atoms with Crippen molar-refractivity contribution in [2.24, 2.45) is 11.8 Å². The number of unbranched alkanes of at least 4 members (excludes halogenated alkanes) is 6. The zero-order valence-corrected chi connectivity index (χ0v) is 26.0. The summed E-state index contributed by atoms with van der Waals surface area (Å²) in [6, 6.07) is 0. The molecule has 0 aromatic rings. The summed E-state index contributed by atoms with van der Waals surface area (Å²) < 4.78 is 16.9. The molecule has 0 radical (unpaired) electrons. The summed E-state index contributed by atoms with van der Waals surface area (Å²) in [6.07, 6.45) is 17.3. The number of aliphatic hydroxyl groups is 2. The lowest BCUT2D eigenvalue weighted by molar-refractivity contribution is -0.132. The van der Waals surface area contributed by atoms with Crippen LogP contribution in [0, 0.1) is 35.5 Å². The minimum atomic E-state index is -0.223. The van der Waals surface area contributed by atoms with E-state index in [0.29, 0.717) is 13.2 Å². The van der Waals surface area contributed by atoms with E-state index in [1.54, 1.807) is 0 Å². The molecule has 0 aromatic carbocycles. The van der Waals surface area contributed by atoms with Crippen LogP contribution < -0.4 is 0 Å². The van der Waals surface area contributed by atoms with Gasteiger partial charge in [0.15, 0.2) is 0 Å². The van der Waals surface area contributed by atoms with E-state index in [-0.39, 0.29) is 37.6 Å². The van der Waals surface area contributed by atoms with Gasteiger partial charge in [-0.2, -0.15) is 0 Å². The minimum absolute atomic E-state index is 0.207. The molecule has 5 heteroatoms. The fourth-order valence-electron chi connectivity index (χ4n) is 4.22. The Morgan fingerprint density at radius 2 is 0.897 bits per heavy atom. The first kappa shape index (κ1) is 37.9. The van der Waals surface area contributed by atoms with E-state index in [9.17, 15) is 10.2 Å². The van der Waals surface area contributed by atoms with Gasteiger partial charge >= 0.3 is 0 Å². The van der Waals surface area contributed by atoms with E-state index in [4.69, 9.17) is 14.2 Å². The van der Waals surface area contributed by atoms with Crippen molar-refractivity contribution in [1.29, 1.82) is 0 Å². The lowest BCUT2D eigenvalue weighted by atomic mass is 9.96. The number of ether oxygens (including phenoxy) is 3. The van der Waals surface area contributed by atoms with Gasteiger partial charge in [-0.05, 0) is 64.2 Å². The zero-order valence-electron chi connectivity index (χ0n) is 26.0. The molecule has 0 bridgehead atoms. The molecule has 0 fully saturated rings. The first-order valence-corrected chi connectivity index (χ1v) is 16.1. The largest absolute Gasteiger partial charge is 0.393 e. The molecule has 228 valence electrons. The van der Waals surface area contributed by atoms with Crippen molar-refractivity contribution in [2.75, 3.05) is 26.8 Å². The summed E-state index contributed by atoms with van der Waals surface area (Å²) in [6.45, 7) is 10.3. The minimum Gasteiger partial charge on any atom is -0.393 e. The van der Waals surface area contributed by atoms with Gasteiger partial charge in [-0.25, -0.2) is 0 Å². The zero-order chi connectivity index (χ0) is 28.8. The standard InChI is InChI=1S/C34H62O5/c1-5-9-13-15-17-31(21-23-33(35)19-11-7-3)25-27-37-29-39-30-38-28-26-32(18-16-14-10-6-2)22-24-34(36)20-12-8-4/h31-36H,5-14,19-30H2,1-4H3. The number of hydrogen-bond acceptors (Lipinski definition) is 5. The molecule has 2 N–H and O–H groups in total. The molecule has 0 heterocycles. The van der Waals surface area contributed by atoms with E-state index < -0.39 is 0 Å². The highest BCUT2D eigenvalue weighted by atomic mass is 16.7. The maximum atomic E-state index is 10.2. The Morgan fingerprint density at radius 3 is 1.28 bits per heavy atom. The molecule has 0 spiro atoms. The summed E-state index contributed by atoms with van der Waals surface area (Å²) >= 11 is 0. The molecule has 0 aliphatic heterocycles. The second kappa shape index (κ2) is 29.9. The van der Waals surface area contributed by atoms with Gasteiger partial charge in [0.2, 0.25) is 0 Å². The van der Waals surface area contributed by atoms with Crippen LogP contribution >= 0.6 is 0 Å². The van der Waals surface area contributed by atoms with Crippen molar-refractivity contribution in [3.8, 4) is 23.7 Å². The normalized spacial score (nSPS) is 14.1. The SMILES string of the molecule is CCCCC#CC(CCOCOCOCCC(C#CCCCC)CCC(O)CCCC)CCC(O)CCCC. The van der Waals surface area contributed by atoms with E-state index >= 15 is 0 Å². The number of rotatable bonds is 26. The molecule has 0 saturated heterocycles. The molecule has 39 heavy (non-hydrogen) atoms. The van der Waals surface area contributed by atoms with Crippen LogP contribution in [0.25, 0.3) is 0 Å². The van der Waals surface area contributed by atoms with Crippen LogP contribution in [-0.4, -0.2) is 49.2 Å². The van der Waals surface area contributed by atoms with E-state index in [0.717, 1.165) is 116 Å². The van der Waals surface area contributed by atoms with Crippen LogP contribution in [0.3, 0.4) is 0 Å². The fourth-order valence-corrected chi connectivity index (χ4v) is 4.22. The molecule has 0 aromatic heterocycles. The lowest BCUT2D eigenvalue weighted by Gasteiger charge is -2.15. The highest BCUT2D eigenvalue weighted by Gasteiger charge is 2.11. The summed E-state index contributed by atoms with van der Waals surface area (Å²) in [5, 5.41) is 20.4. The highest BCUT2D eigenvalue weighted by molar-refractivity contribution is 5.04. The maximum Gasteiger partial charge on any atom is 0.149 e. The first-order valence-electron chi connectivity index (χ1n) is 16.1.